The van der Waals surface area contributed by atoms with Crippen LogP contribution in [0.5, 0.6) is 5.75 Å². The molecular weight excluding hydrogens is 322 g/mol. The van der Waals surface area contributed by atoms with Crippen LogP contribution >= 0.6 is 11.6 Å². The third-order valence-corrected chi connectivity index (χ3v) is 3.91. The number of hydrogen-bond acceptors (Lipinski definition) is 2. The van der Waals surface area contributed by atoms with Crippen LogP contribution in [0.1, 0.15) is 19.4 Å². The summed E-state index contributed by atoms with van der Waals surface area (Å²) < 4.78 is 5.43. The number of carbonyl (C=O) groups excluding carboxylic acids is 1. The topological polar surface area (TPSA) is 38.3 Å². The van der Waals surface area contributed by atoms with E-state index in [4.69, 9.17) is 16.3 Å². The molecule has 0 saturated heterocycles. The number of halogens is 1. The zero-order chi connectivity index (χ0) is 17.6. The largest absolute Gasteiger partial charge is 0.490 e. The molecule has 126 valence electrons. The first-order chi connectivity index (χ1) is 11.4. The molecule has 0 aliphatic rings. The average Bonchev–Trinajstić information content (AvgIpc) is 2.56. The predicted molar refractivity (Wildman–Crippen MR) is 99.7 cm³/mol. The van der Waals surface area contributed by atoms with Gasteiger partial charge < -0.3 is 10.1 Å². The maximum atomic E-state index is 12.6. The zero-order valence-corrected chi connectivity index (χ0v) is 14.8. The third-order valence-electron chi connectivity index (χ3n) is 3.65. The molecular formula is C20H22ClNO2. The van der Waals surface area contributed by atoms with Gasteiger partial charge in [0, 0.05) is 16.1 Å². The van der Waals surface area contributed by atoms with Crippen molar-refractivity contribution in [3.63, 3.8) is 0 Å². The van der Waals surface area contributed by atoms with E-state index in [9.17, 15) is 4.79 Å². The van der Waals surface area contributed by atoms with Gasteiger partial charge in [0.05, 0.1) is 0 Å². The number of nitrogens with one attached hydrogen (secondary N) is 1. The number of amides is 1. The molecule has 0 saturated carbocycles. The SMILES string of the molecule is C=CCOc1ccc(NC(=O)C(C)(C)Cc2ccc(Cl)cc2)cc1. The van der Waals surface area contributed by atoms with Crippen LogP contribution in [0.3, 0.4) is 0 Å². The standard InChI is InChI=1S/C20H22ClNO2/c1-4-13-24-18-11-9-17(10-12-18)22-19(23)20(2,3)14-15-5-7-16(21)8-6-15/h4-12H,1,13-14H2,2-3H3,(H,22,23). The Morgan fingerprint density at radius 2 is 1.79 bits per heavy atom. The molecule has 0 atom stereocenters. The lowest BCUT2D eigenvalue weighted by Gasteiger charge is -2.24. The van der Waals surface area contributed by atoms with Crippen molar-refractivity contribution in [1.82, 2.24) is 0 Å². The molecule has 0 radical (unpaired) electrons. The molecule has 1 N–H and O–H groups in total. The second-order valence-corrected chi connectivity index (χ2v) is 6.70. The summed E-state index contributed by atoms with van der Waals surface area (Å²) in [5.41, 5.74) is 1.29. The fraction of sp³-hybridized carbons (Fsp3) is 0.250. The Hall–Kier alpha value is -2.26. The van der Waals surface area contributed by atoms with Crippen molar-refractivity contribution in [2.45, 2.75) is 20.3 Å². The Balaban J connectivity index is 1.99. The van der Waals surface area contributed by atoms with Crippen molar-refractivity contribution in [2.75, 3.05) is 11.9 Å². The van der Waals surface area contributed by atoms with E-state index in [2.05, 4.69) is 11.9 Å². The maximum absolute atomic E-state index is 12.6. The summed E-state index contributed by atoms with van der Waals surface area (Å²) in [6.45, 7) is 7.93. The molecule has 0 aliphatic carbocycles. The van der Waals surface area contributed by atoms with Crippen molar-refractivity contribution < 1.29 is 9.53 Å². The lowest BCUT2D eigenvalue weighted by molar-refractivity contribution is -0.123. The van der Waals surface area contributed by atoms with E-state index >= 15 is 0 Å². The maximum Gasteiger partial charge on any atom is 0.230 e. The van der Waals surface area contributed by atoms with Crippen LogP contribution in [-0.4, -0.2) is 12.5 Å². The van der Waals surface area contributed by atoms with Crippen LogP contribution in [-0.2, 0) is 11.2 Å². The second-order valence-electron chi connectivity index (χ2n) is 6.27. The lowest BCUT2D eigenvalue weighted by atomic mass is 9.84. The minimum absolute atomic E-state index is 0.0304. The smallest absolute Gasteiger partial charge is 0.230 e. The second kappa shape index (κ2) is 8.02. The Labute approximate surface area is 148 Å². The number of carbonyl (C=O) groups is 1. The van der Waals surface area contributed by atoms with Gasteiger partial charge in [-0.25, -0.2) is 0 Å². The summed E-state index contributed by atoms with van der Waals surface area (Å²) in [5.74, 6) is 0.713. The predicted octanol–water partition coefficient (Wildman–Crippen LogP) is 5.11. The quantitative estimate of drug-likeness (QED) is 0.709. The number of benzene rings is 2. The van der Waals surface area contributed by atoms with E-state index in [-0.39, 0.29) is 5.91 Å². The number of hydrogen-bond donors (Lipinski definition) is 1. The molecule has 4 heteroatoms. The fourth-order valence-corrected chi connectivity index (χ4v) is 2.41. The van der Waals surface area contributed by atoms with E-state index in [0.29, 0.717) is 18.1 Å². The Bertz CT molecular complexity index is 691. The van der Waals surface area contributed by atoms with Gasteiger partial charge in [-0.3, -0.25) is 4.79 Å². The molecule has 0 aliphatic heterocycles. The van der Waals surface area contributed by atoms with Gasteiger partial charge in [-0.2, -0.15) is 0 Å². The molecule has 0 spiro atoms. The average molecular weight is 344 g/mol. The van der Waals surface area contributed by atoms with Crippen molar-refractivity contribution in [3.05, 3.63) is 71.8 Å². The van der Waals surface area contributed by atoms with Gasteiger partial charge in [-0.05, 0) is 48.4 Å². The highest BCUT2D eigenvalue weighted by molar-refractivity contribution is 6.30. The van der Waals surface area contributed by atoms with E-state index < -0.39 is 5.41 Å². The van der Waals surface area contributed by atoms with Crippen molar-refractivity contribution in [1.29, 1.82) is 0 Å². The monoisotopic (exact) mass is 343 g/mol. The van der Waals surface area contributed by atoms with Crippen LogP contribution in [0.25, 0.3) is 0 Å². The lowest BCUT2D eigenvalue weighted by Crippen LogP contribution is -2.32. The highest BCUT2D eigenvalue weighted by atomic mass is 35.5. The first-order valence-electron chi connectivity index (χ1n) is 7.80. The summed E-state index contributed by atoms with van der Waals surface area (Å²) in [6, 6.07) is 14.9. The van der Waals surface area contributed by atoms with Crippen molar-refractivity contribution >= 4 is 23.2 Å². The van der Waals surface area contributed by atoms with Crippen LogP contribution in [0.4, 0.5) is 5.69 Å². The molecule has 2 rings (SSSR count). The molecule has 0 aromatic heterocycles. The van der Waals surface area contributed by atoms with Crippen LogP contribution in [0, 0.1) is 5.41 Å². The van der Waals surface area contributed by atoms with Crippen molar-refractivity contribution in [3.8, 4) is 5.75 Å². The Kier molecular flexibility index (Phi) is 6.04. The first-order valence-corrected chi connectivity index (χ1v) is 8.18. The number of anilines is 1. The van der Waals surface area contributed by atoms with Crippen molar-refractivity contribution in [2.24, 2.45) is 5.41 Å². The molecule has 24 heavy (non-hydrogen) atoms. The van der Waals surface area contributed by atoms with Crippen LogP contribution < -0.4 is 10.1 Å². The molecule has 0 bridgehead atoms. The summed E-state index contributed by atoms with van der Waals surface area (Å²) in [4.78, 5) is 12.6. The molecule has 3 nitrogen and oxygen atoms in total. The van der Waals surface area contributed by atoms with Gasteiger partial charge >= 0.3 is 0 Å². The van der Waals surface area contributed by atoms with E-state index in [1.54, 1.807) is 6.08 Å². The Morgan fingerprint density at radius 3 is 2.38 bits per heavy atom. The molecule has 1 amide bonds. The minimum atomic E-state index is -0.536. The molecule has 2 aromatic carbocycles. The number of ether oxygens (including phenoxy) is 1. The molecule has 0 fully saturated rings. The van der Waals surface area contributed by atoms with Gasteiger partial charge in [0.1, 0.15) is 12.4 Å². The summed E-state index contributed by atoms with van der Waals surface area (Å²) in [7, 11) is 0. The highest BCUT2D eigenvalue weighted by Crippen LogP contribution is 2.25. The summed E-state index contributed by atoms with van der Waals surface area (Å²) >= 11 is 5.90. The Morgan fingerprint density at radius 1 is 1.17 bits per heavy atom. The highest BCUT2D eigenvalue weighted by Gasteiger charge is 2.28. The van der Waals surface area contributed by atoms with Crippen LogP contribution in [0.15, 0.2) is 61.2 Å². The zero-order valence-electron chi connectivity index (χ0n) is 14.0. The van der Waals surface area contributed by atoms with Gasteiger partial charge in [0.2, 0.25) is 5.91 Å². The molecule has 2 aromatic rings. The number of rotatable bonds is 7. The van der Waals surface area contributed by atoms with Gasteiger partial charge in [-0.15, -0.1) is 0 Å². The van der Waals surface area contributed by atoms with E-state index in [1.165, 1.54) is 0 Å². The molecule has 0 heterocycles. The summed E-state index contributed by atoms with van der Waals surface area (Å²) in [5, 5.41) is 3.65. The summed E-state index contributed by atoms with van der Waals surface area (Å²) in [6.07, 6.45) is 2.32. The van der Waals surface area contributed by atoms with E-state index in [0.717, 1.165) is 17.0 Å². The minimum Gasteiger partial charge on any atom is -0.490 e. The van der Waals surface area contributed by atoms with Gasteiger partial charge in [0.15, 0.2) is 0 Å². The first kappa shape index (κ1) is 18.1. The van der Waals surface area contributed by atoms with E-state index in [1.807, 2.05) is 62.4 Å². The van der Waals surface area contributed by atoms with Crippen LogP contribution in [0.2, 0.25) is 5.02 Å². The fourth-order valence-electron chi connectivity index (χ4n) is 2.28. The third kappa shape index (κ3) is 5.14. The molecule has 0 unspecified atom stereocenters. The van der Waals surface area contributed by atoms with Gasteiger partial charge in [0.25, 0.3) is 0 Å². The van der Waals surface area contributed by atoms with Gasteiger partial charge in [-0.1, -0.05) is 50.2 Å². The normalized spacial score (nSPS) is 11.0.